The van der Waals surface area contributed by atoms with Crippen LogP contribution in [0.15, 0.2) is 47.3 Å². The molecule has 0 saturated carbocycles. The Morgan fingerprint density at radius 1 is 1.17 bits per heavy atom. The number of carbonyl (C=O) groups is 1. The third kappa shape index (κ3) is 2.88. The topological polar surface area (TPSA) is 66.9 Å². The summed E-state index contributed by atoms with van der Waals surface area (Å²) in [6, 6.07) is 10.9. The summed E-state index contributed by atoms with van der Waals surface area (Å²) in [7, 11) is 0. The van der Waals surface area contributed by atoms with E-state index >= 15 is 0 Å². The van der Waals surface area contributed by atoms with Gasteiger partial charge in [0.2, 0.25) is 5.91 Å². The number of benzene rings is 2. The maximum absolute atomic E-state index is 13.0. The van der Waals surface area contributed by atoms with Gasteiger partial charge in [-0.05, 0) is 42.5 Å². The molecule has 1 aromatic heterocycles. The van der Waals surface area contributed by atoms with Crippen LogP contribution in [0.4, 0.5) is 10.1 Å². The van der Waals surface area contributed by atoms with E-state index in [0.29, 0.717) is 22.4 Å². The van der Waals surface area contributed by atoms with Crippen LogP contribution in [0.2, 0.25) is 0 Å². The molecule has 3 aromatic rings. The largest absolute Gasteiger partial charge is 0.331 e. The van der Waals surface area contributed by atoms with Crippen LogP contribution in [0.5, 0.6) is 0 Å². The standard InChI is InChI=1S/C17H16FN3O2/c1-10(2)16(22)19-12-5-8-15-14(9-12)20-17(23)21(15)13-6-3-11(18)4-7-13/h3-10H,1-2H3,(H,19,22)(H,20,23). The van der Waals surface area contributed by atoms with Crippen LogP contribution >= 0.6 is 0 Å². The van der Waals surface area contributed by atoms with Crippen molar-refractivity contribution in [1.29, 1.82) is 0 Å². The molecule has 1 amide bonds. The minimum Gasteiger partial charge on any atom is -0.326 e. The van der Waals surface area contributed by atoms with Gasteiger partial charge in [0.25, 0.3) is 0 Å². The third-order valence-electron chi connectivity index (χ3n) is 3.56. The number of hydrogen-bond acceptors (Lipinski definition) is 2. The Bertz CT molecular complexity index is 923. The van der Waals surface area contributed by atoms with Gasteiger partial charge in [-0.15, -0.1) is 0 Å². The fraction of sp³-hybridized carbons (Fsp3) is 0.176. The molecule has 0 radical (unpaired) electrons. The lowest BCUT2D eigenvalue weighted by molar-refractivity contribution is -0.118. The predicted molar refractivity (Wildman–Crippen MR) is 87.3 cm³/mol. The van der Waals surface area contributed by atoms with Crippen LogP contribution < -0.4 is 11.0 Å². The molecule has 2 aromatic carbocycles. The molecule has 0 aliphatic rings. The van der Waals surface area contributed by atoms with E-state index in [4.69, 9.17) is 0 Å². The van der Waals surface area contributed by atoms with Gasteiger partial charge in [0.15, 0.2) is 0 Å². The minimum absolute atomic E-state index is 0.0929. The van der Waals surface area contributed by atoms with Crippen LogP contribution in [-0.4, -0.2) is 15.5 Å². The van der Waals surface area contributed by atoms with E-state index in [9.17, 15) is 14.0 Å². The number of halogens is 1. The second-order valence-corrected chi connectivity index (χ2v) is 5.62. The van der Waals surface area contributed by atoms with E-state index in [1.807, 2.05) is 0 Å². The average molecular weight is 313 g/mol. The molecule has 0 aliphatic carbocycles. The summed E-state index contributed by atoms with van der Waals surface area (Å²) in [5.41, 5.74) is 2.12. The molecule has 3 rings (SSSR count). The summed E-state index contributed by atoms with van der Waals surface area (Å²) in [6.07, 6.45) is 0. The molecule has 5 nitrogen and oxygen atoms in total. The normalized spacial score (nSPS) is 11.1. The van der Waals surface area contributed by atoms with Crippen molar-refractivity contribution >= 4 is 22.6 Å². The summed E-state index contributed by atoms with van der Waals surface area (Å²) >= 11 is 0. The van der Waals surface area contributed by atoms with E-state index in [1.54, 1.807) is 44.2 Å². The number of carbonyl (C=O) groups excluding carboxylic acids is 1. The number of aromatic nitrogens is 2. The molecule has 2 N–H and O–H groups in total. The lowest BCUT2D eigenvalue weighted by Crippen LogP contribution is -2.17. The third-order valence-corrected chi connectivity index (χ3v) is 3.56. The van der Waals surface area contributed by atoms with Crippen LogP contribution in [0, 0.1) is 11.7 Å². The van der Waals surface area contributed by atoms with E-state index in [0.717, 1.165) is 0 Å². The summed E-state index contributed by atoms with van der Waals surface area (Å²) in [4.78, 5) is 26.7. The molecule has 23 heavy (non-hydrogen) atoms. The highest BCUT2D eigenvalue weighted by molar-refractivity contribution is 5.94. The summed E-state index contributed by atoms with van der Waals surface area (Å²) in [5, 5.41) is 2.79. The zero-order valence-electron chi connectivity index (χ0n) is 12.8. The number of nitrogens with zero attached hydrogens (tertiary/aromatic N) is 1. The number of anilines is 1. The first-order valence-electron chi connectivity index (χ1n) is 7.27. The van der Waals surface area contributed by atoms with E-state index in [1.165, 1.54) is 16.7 Å². The molecule has 0 aliphatic heterocycles. The molecule has 0 spiro atoms. The van der Waals surface area contributed by atoms with Crippen molar-refractivity contribution in [3.8, 4) is 5.69 Å². The molecule has 0 fully saturated rings. The van der Waals surface area contributed by atoms with Crippen molar-refractivity contribution in [3.05, 3.63) is 58.8 Å². The monoisotopic (exact) mass is 313 g/mol. The van der Waals surface area contributed by atoms with E-state index in [2.05, 4.69) is 10.3 Å². The lowest BCUT2D eigenvalue weighted by atomic mass is 10.2. The van der Waals surface area contributed by atoms with Crippen LogP contribution in [-0.2, 0) is 4.79 Å². The second kappa shape index (κ2) is 5.72. The molecule has 1 heterocycles. The minimum atomic E-state index is -0.361. The molecule has 118 valence electrons. The second-order valence-electron chi connectivity index (χ2n) is 5.62. The van der Waals surface area contributed by atoms with E-state index < -0.39 is 0 Å². The Morgan fingerprint density at radius 2 is 1.87 bits per heavy atom. The molecule has 0 saturated heterocycles. The zero-order valence-corrected chi connectivity index (χ0v) is 12.8. The summed E-state index contributed by atoms with van der Waals surface area (Å²) in [5.74, 6) is -0.585. The SMILES string of the molecule is CC(C)C(=O)Nc1ccc2c(c1)[nH]c(=O)n2-c1ccc(F)cc1. The number of imidazole rings is 1. The first kappa shape index (κ1) is 15.0. The number of H-pyrrole nitrogens is 1. The highest BCUT2D eigenvalue weighted by Crippen LogP contribution is 2.20. The van der Waals surface area contributed by atoms with Crippen molar-refractivity contribution in [3.63, 3.8) is 0 Å². The fourth-order valence-electron chi connectivity index (χ4n) is 2.32. The maximum Gasteiger partial charge on any atom is 0.331 e. The van der Waals surface area contributed by atoms with Crippen LogP contribution in [0.25, 0.3) is 16.7 Å². The van der Waals surface area contributed by atoms with Gasteiger partial charge >= 0.3 is 5.69 Å². The number of fused-ring (bicyclic) bond motifs is 1. The molecular weight excluding hydrogens is 297 g/mol. The Balaban J connectivity index is 2.05. The Kier molecular flexibility index (Phi) is 3.73. The Labute approximate surface area is 131 Å². The molecule has 6 heteroatoms. The molecular formula is C17H16FN3O2. The molecule has 0 unspecified atom stereocenters. The van der Waals surface area contributed by atoms with Gasteiger partial charge in [-0.2, -0.15) is 0 Å². The van der Waals surface area contributed by atoms with Gasteiger partial charge in [-0.3, -0.25) is 9.36 Å². The zero-order chi connectivity index (χ0) is 16.6. The predicted octanol–water partition coefficient (Wildman–Crippen LogP) is 3.05. The van der Waals surface area contributed by atoms with Gasteiger partial charge < -0.3 is 10.3 Å². The quantitative estimate of drug-likeness (QED) is 0.780. The highest BCUT2D eigenvalue weighted by Gasteiger charge is 2.11. The van der Waals surface area contributed by atoms with Gasteiger partial charge in [0, 0.05) is 11.6 Å². The first-order valence-corrected chi connectivity index (χ1v) is 7.27. The van der Waals surface area contributed by atoms with Gasteiger partial charge in [0.05, 0.1) is 16.7 Å². The Morgan fingerprint density at radius 3 is 2.52 bits per heavy atom. The van der Waals surface area contributed by atoms with Crippen molar-refractivity contribution in [1.82, 2.24) is 9.55 Å². The first-order chi connectivity index (χ1) is 11.0. The maximum atomic E-state index is 13.0. The van der Waals surface area contributed by atoms with Gasteiger partial charge in [0.1, 0.15) is 5.82 Å². The van der Waals surface area contributed by atoms with Gasteiger partial charge in [-0.25, -0.2) is 9.18 Å². The number of nitrogens with one attached hydrogen (secondary N) is 2. The van der Waals surface area contributed by atoms with Crippen molar-refractivity contribution in [2.75, 3.05) is 5.32 Å². The van der Waals surface area contributed by atoms with Crippen LogP contribution in [0.3, 0.4) is 0 Å². The summed E-state index contributed by atoms with van der Waals surface area (Å²) < 4.78 is 14.5. The number of amides is 1. The smallest absolute Gasteiger partial charge is 0.326 e. The number of rotatable bonds is 3. The highest BCUT2D eigenvalue weighted by atomic mass is 19.1. The number of aromatic amines is 1. The summed E-state index contributed by atoms with van der Waals surface area (Å²) in [6.45, 7) is 3.61. The molecule has 0 bridgehead atoms. The molecule has 0 atom stereocenters. The van der Waals surface area contributed by atoms with E-state index in [-0.39, 0.29) is 23.3 Å². The van der Waals surface area contributed by atoms with Crippen molar-refractivity contribution in [2.45, 2.75) is 13.8 Å². The van der Waals surface area contributed by atoms with Crippen molar-refractivity contribution in [2.24, 2.45) is 5.92 Å². The number of hydrogen-bond donors (Lipinski definition) is 2. The Hall–Kier alpha value is -2.89. The fourth-order valence-corrected chi connectivity index (χ4v) is 2.32. The van der Waals surface area contributed by atoms with Crippen molar-refractivity contribution < 1.29 is 9.18 Å². The average Bonchev–Trinajstić information content (AvgIpc) is 2.83. The van der Waals surface area contributed by atoms with Gasteiger partial charge in [-0.1, -0.05) is 13.8 Å². The lowest BCUT2D eigenvalue weighted by Gasteiger charge is -2.08. The van der Waals surface area contributed by atoms with Crippen LogP contribution in [0.1, 0.15) is 13.8 Å².